The van der Waals surface area contributed by atoms with Crippen molar-refractivity contribution in [2.75, 3.05) is 0 Å². The quantitative estimate of drug-likeness (QED) is 0.186. The lowest BCUT2D eigenvalue weighted by molar-refractivity contribution is 0.466. The molecule has 1 aliphatic rings. The Kier molecular flexibility index (Phi) is 8.52. The standard InChI is InChI=1S/C33H34FN5O2/c1-6-38-33(29(20(4)36)18(2)23-12-14-25(19(3)35)27(37)16-23)39-21(5)32-30(22-10-8-7-9-11-22)31(40)26-17-24(34)13-15-28(26)41-32/h6-11,13,15-17,21,37,39H,2,4,12,14,35-36H2,1,3,5H3/b25-19?,33-29+,37-27?,38-6?. The van der Waals surface area contributed by atoms with E-state index in [-0.39, 0.29) is 22.1 Å². The van der Waals surface area contributed by atoms with Gasteiger partial charge in [-0.1, -0.05) is 43.5 Å². The van der Waals surface area contributed by atoms with Crippen LogP contribution in [0.4, 0.5) is 4.39 Å². The Bertz CT molecular complexity index is 1740. The SMILES string of the molecule is C=C(N)/C(C(=C)C1=CC(=N)C(=C(C)N)CC1)=C(\N=CC)NC(C)c1oc2ccc(F)cc2c(=O)c1-c1ccccc1. The Balaban J connectivity index is 1.85. The molecule has 210 valence electrons. The third-order valence-corrected chi connectivity index (χ3v) is 6.96. The molecule has 8 heteroatoms. The molecule has 4 rings (SSSR count). The summed E-state index contributed by atoms with van der Waals surface area (Å²) >= 11 is 0. The van der Waals surface area contributed by atoms with Crippen molar-refractivity contribution in [3.8, 4) is 11.1 Å². The van der Waals surface area contributed by atoms with Crippen LogP contribution >= 0.6 is 0 Å². The number of rotatable bonds is 8. The average molecular weight is 552 g/mol. The van der Waals surface area contributed by atoms with Crippen LogP contribution in [0.2, 0.25) is 0 Å². The van der Waals surface area contributed by atoms with Gasteiger partial charge in [0.25, 0.3) is 0 Å². The highest BCUT2D eigenvalue weighted by Gasteiger charge is 2.25. The zero-order chi connectivity index (χ0) is 29.8. The van der Waals surface area contributed by atoms with E-state index in [1.807, 2.05) is 25.1 Å². The number of aliphatic imine (C=N–C) groups is 1. The van der Waals surface area contributed by atoms with Crippen LogP contribution in [0.1, 0.15) is 45.4 Å². The summed E-state index contributed by atoms with van der Waals surface area (Å²) in [5.74, 6) is 0.204. The maximum Gasteiger partial charge on any atom is 0.200 e. The number of allylic oxidation sites excluding steroid dienone is 5. The van der Waals surface area contributed by atoms with Crippen molar-refractivity contribution < 1.29 is 8.81 Å². The Labute approximate surface area is 238 Å². The van der Waals surface area contributed by atoms with Gasteiger partial charge >= 0.3 is 0 Å². The maximum atomic E-state index is 14.1. The molecule has 0 bridgehead atoms. The Morgan fingerprint density at radius 2 is 1.88 bits per heavy atom. The molecule has 7 nitrogen and oxygen atoms in total. The molecule has 1 heterocycles. The molecule has 0 saturated heterocycles. The maximum absolute atomic E-state index is 14.1. The zero-order valence-corrected chi connectivity index (χ0v) is 23.5. The Hall–Kier alpha value is -4.98. The predicted molar refractivity (Wildman–Crippen MR) is 165 cm³/mol. The molecule has 3 aromatic rings. The van der Waals surface area contributed by atoms with Crippen molar-refractivity contribution in [3.63, 3.8) is 0 Å². The molecule has 1 aliphatic carbocycles. The van der Waals surface area contributed by atoms with Gasteiger partial charge in [-0.15, -0.1) is 0 Å². The monoisotopic (exact) mass is 551 g/mol. The van der Waals surface area contributed by atoms with Crippen LogP contribution in [0.15, 0.2) is 121 Å². The molecule has 0 aliphatic heterocycles. The van der Waals surface area contributed by atoms with E-state index in [0.29, 0.717) is 58.1 Å². The average Bonchev–Trinajstić information content (AvgIpc) is 2.93. The van der Waals surface area contributed by atoms with Crippen LogP contribution in [0.25, 0.3) is 22.1 Å². The molecule has 2 aromatic carbocycles. The van der Waals surface area contributed by atoms with E-state index in [0.717, 1.165) is 11.1 Å². The van der Waals surface area contributed by atoms with E-state index in [1.165, 1.54) is 18.2 Å². The van der Waals surface area contributed by atoms with Gasteiger partial charge in [-0.05, 0) is 80.2 Å². The van der Waals surface area contributed by atoms with E-state index >= 15 is 0 Å². The third kappa shape index (κ3) is 5.96. The second-order valence-electron chi connectivity index (χ2n) is 9.90. The summed E-state index contributed by atoms with van der Waals surface area (Å²) in [5, 5.41) is 11.9. The van der Waals surface area contributed by atoms with Gasteiger partial charge < -0.3 is 26.6 Å². The molecule has 1 unspecified atom stereocenters. The van der Waals surface area contributed by atoms with E-state index in [9.17, 15) is 9.18 Å². The lowest BCUT2D eigenvalue weighted by Crippen LogP contribution is -2.24. The van der Waals surface area contributed by atoms with Gasteiger partial charge in [-0.3, -0.25) is 4.79 Å². The lowest BCUT2D eigenvalue weighted by atomic mass is 9.85. The minimum atomic E-state index is -0.582. The number of nitrogens with one attached hydrogen (secondary N) is 2. The smallest absolute Gasteiger partial charge is 0.200 e. The third-order valence-electron chi connectivity index (χ3n) is 6.96. The van der Waals surface area contributed by atoms with Crippen LogP contribution in [-0.4, -0.2) is 11.9 Å². The first-order valence-corrected chi connectivity index (χ1v) is 13.2. The first-order chi connectivity index (χ1) is 19.5. The van der Waals surface area contributed by atoms with Gasteiger partial charge in [0.15, 0.2) is 0 Å². The summed E-state index contributed by atoms with van der Waals surface area (Å²) in [6.45, 7) is 13.6. The van der Waals surface area contributed by atoms with Gasteiger partial charge in [0, 0.05) is 23.2 Å². The molecule has 0 saturated carbocycles. The number of halogens is 1. The lowest BCUT2D eigenvalue weighted by Gasteiger charge is -2.24. The van der Waals surface area contributed by atoms with Crippen molar-refractivity contribution in [1.82, 2.24) is 5.32 Å². The number of nitrogens with zero attached hydrogens (tertiary/aromatic N) is 1. The topological polar surface area (TPSA) is 130 Å². The first-order valence-electron chi connectivity index (χ1n) is 13.2. The van der Waals surface area contributed by atoms with Crippen molar-refractivity contribution in [3.05, 3.63) is 129 Å². The summed E-state index contributed by atoms with van der Waals surface area (Å²) in [6, 6.07) is 12.4. The molecule has 0 amide bonds. The van der Waals surface area contributed by atoms with Gasteiger partial charge in [0.05, 0.1) is 22.7 Å². The van der Waals surface area contributed by atoms with E-state index < -0.39 is 11.9 Å². The van der Waals surface area contributed by atoms with Crippen LogP contribution in [0.3, 0.4) is 0 Å². The van der Waals surface area contributed by atoms with Gasteiger partial charge in [-0.25, -0.2) is 9.38 Å². The van der Waals surface area contributed by atoms with Crippen LogP contribution in [0, 0.1) is 11.2 Å². The molecular formula is C33H34FN5O2. The van der Waals surface area contributed by atoms with Gasteiger partial charge in [-0.2, -0.15) is 0 Å². The van der Waals surface area contributed by atoms with Gasteiger partial charge in [0.2, 0.25) is 5.43 Å². The fourth-order valence-electron chi connectivity index (χ4n) is 4.97. The fourth-order valence-corrected chi connectivity index (χ4v) is 4.97. The largest absolute Gasteiger partial charge is 0.458 e. The number of hydrogen-bond acceptors (Lipinski definition) is 7. The van der Waals surface area contributed by atoms with Crippen LogP contribution in [-0.2, 0) is 0 Å². The van der Waals surface area contributed by atoms with Crippen molar-refractivity contribution in [2.45, 2.75) is 39.7 Å². The minimum Gasteiger partial charge on any atom is -0.458 e. The predicted octanol–water partition coefficient (Wildman–Crippen LogP) is 6.55. The number of nitrogens with two attached hydrogens (primary N) is 2. The highest BCUT2D eigenvalue weighted by atomic mass is 19.1. The van der Waals surface area contributed by atoms with Crippen molar-refractivity contribution >= 4 is 22.9 Å². The highest BCUT2D eigenvalue weighted by molar-refractivity contribution is 6.08. The summed E-state index contributed by atoms with van der Waals surface area (Å²) in [4.78, 5) is 18.2. The highest BCUT2D eigenvalue weighted by Crippen LogP contribution is 2.34. The van der Waals surface area contributed by atoms with Gasteiger partial charge in [0.1, 0.15) is 23.0 Å². The van der Waals surface area contributed by atoms with E-state index in [2.05, 4.69) is 23.5 Å². The Morgan fingerprint density at radius 1 is 1.17 bits per heavy atom. The van der Waals surface area contributed by atoms with E-state index in [1.54, 1.807) is 38.3 Å². The molecule has 6 N–H and O–H groups in total. The number of benzene rings is 2. The molecular weight excluding hydrogens is 517 g/mol. The molecule has 1 atom stereocenters. The van der Waals surface area contributed by atoms with E-state index in [4.69, 9.17) is 21.3 Å². The Morgan fingerprint density at radius 3 is 2.49 bits per heavy atom. The summed E-state index contributed by atoms with van der Waals surface area (Å²) in [7, 11) is 0. The number of hydrogen-bond donors (Lipinski definition) is 4. The van der Waals surface area contributed by atoms with Crippen LogP contribution < -0.4 is 22.2 Å². The fraction of sp³-hybridized carbons (Fsp3) is 0.182. The second-order valence-corrected chi connectivity index (χ2v) is 9.90. The summed E-state index contributed by atoms with van der Waals surface area (Å²) in [6.07, 6.45) is 4.58. The second kappa shape index (κ2) is 12.0. The van der Waals surface area contributed by atoms with Crippen LogP contribution in [0.5, 0.6) is 0 Å². The summed E-state index contributed by atoms with van der Waals surface area (Å²) in [5.41, 5.74) is 17.0. The summed E-state index contributed by atoms with van der Waals surface area (Å²) < 4.78 is 20.3. The minimum absolute atomic E-state index is 0.152. The number of fused-ring (bicyclic) bond motifs is 1. The van der Waals surface area contributed by atoms with Crippen molar-refractivity contribution in [2.24, 2.45) is 16.5 Å². The normalized spacial score (nSPS) is 16.3. The zero-order valence-electron chi connectivity index (χ0n) is 23.5. The molecule has 0 fully saturated rings. The molecule has 0 spiro atoms. The first kappa shape index (κ1) is 29.0. The molecule has 41 heavy (non-hydrogen) atoms. The molecule has 1 aromatic heterocycles. The molecule has 0 radical (unpaired) electrons. The van der Waals surface area contributed by atoms with Crippen molar-refractivity contribution in [1.29, 1.82) is 5.41 Å².